The topological polar surface area (TPSA) is 29.1 Å². The maximum absolute atomic E-state index is 12.6. The lowest BCUT2D eigenvalue weighted by Crippen LogP contribution is -2.46. The van der Waals surface area contributed by atoms with Crippen LogP contribution in [0.5, 0.6) is 0 Å². The Bertz CT molecular complexity index is 368. The lowest BCUT2D eigenvalue weighted by Gasteiger charge is -2.32. The maximum atomic E-state index is 12.6. The normalized spacial score (nSPS) is 28.8. The van der Waals surface area contributed by atoms with Gasteiger partial charge in [-0.05, 0) is 37.5 Å². The van der Waals surface area contributed by atoms with Crippen LogP contribution in [0, 0.1) is 17.3 Å². The number of quaternary nitrogens is 1. The van der Waals surface area contributed by atoms with E-state index in [4.69, 9.17) is 0 Å². The zero-order valence-corrected chi connectivity index (χ0v) is 14.9. The van der Waals surface area contributed by atoms with Crippen LogP contribution in [0.15, 0.2) is 12.2 Å². The Hall–Kier alpha value is -0.830. The van der Waals surface area contributed by atoms with Gasteiger partial charge in [0.1, 0.15) is 0 Å². The quantitative estimate of drug-likeness (QED) is 0.612. The molecule has 0 aliphatic heterocycles. The van der Waals surface area contributed by atoms with Gasteiger partial charge in [0.15, 0.2) is 0 Å². The van der Waals surface area contributed by atoms with Gasteiger partial charge in [0.25, 0.3) is 0 Å². The van der Waals surface area contributed by atoms with E-state index in [1.54, 1.807) is 0 Å². The Morgan fingerprint density at radius 3 is 2.57 bits per heavy atom. The van der Waals surface area contributed by atoms with Crippen molar-refractivity contribution >= 4 is 5.91 Å². The van der Waals surface area contributed by atoms with Crippen molar-refractivity contribution in [2.24, 2.45) is 17.3 Å². The van der Waals surface area contributed by atoms with Crippen molar-refractivity contribution in [2.75, 3.05) is 34.2 Å². The Kier molecular flexibility index (Phi) is 6.45. The summed E-state index contributed by atoms with van der Waals surface area (Å²) < 4.78 is 0.884. The molecule has 0 spiro atoms. The number of hydrogen-bond acceptors (Lipinski definition) is 1. The fourth-order valence-corrected chi connectivity index (χ4v) is 2.88. The summed E-state index contributed by atoms with van der Waals surface area (Å²) in [5.74, 6) is 1.52. The van der Waals surface area contributed by atoms with E-state index in [0.717, 1.165) is 43.3 Å². The van der Waals surface area contributed by atoms with Crippen LogP contribution in [0.4, 0.5) is 0 Å². The molecule has 2 unspecified atom stereocenters. The summed E-state index contributed by atoms with van der Waals surface area (Å²) in [6.07, 6.45) is 8.73. The van der Waals surface area contributed by atoms with Gasteiger partial charge in [-0.1, -0.05) is 32.9 Å². The highest BCUT2D eigenvalue weighted by atomic mass is 16.2. The molecule has 0 aromatic heterocycles. The molecule has 0 aromatic carbocycles. The number of allylic oxidation sites excluding steroid dienone is 2. The minimum absolute atomic E-state index is 0.206. The van der Waals surface area contributed by atoms with Gasteiger partial charge in [0, 0.05) is 5.41 Å². The summed E-state index contributed by atoms with van der Waals surface area (Å²) in [4.78, 5) is 12.6. The van der Waals surface area contributed by atoms with E-state index in [0.29, 0.717) is 11.8 Å². The van der Waals surface area contributed by atoms with Crippen molar-refractivity contribution in [1.29, 1.82) is 0 Å². The Morgan fingerprint density at radius 2 is 2.00 bits per heavy atom. The van der Waals surface area contributed by atoms with Gasteiger partial charge in [-0.3, -0.25) is 4.79 Å². The summed E-state index contributed by atoms with van der Waals surface area (Å²) >= 11 is 0. The van der Waals surface area contributed by atoms with Gasteiger partial charge in [0.05, 0.1) is 34.2 Å². The summed E-state index contributed by atoms with van der Waals surface area (Å²) in [6.45, 7) is 8.42. The minimum atomic E-state index is -0.206. The van der Waals surface area contributed by atoms with Crippen LogP contribution in [0.3, 0.4) is 0 Å². The average Bonchev–Trinajstić information content (AvgIpc) is 2.32. The first-order valence-electron chi connectivity index (χ1n) is 8.39. The van der Waals surface area contributed by atoms with Crippen LogP contribution in [-0.4, -0.2) is 44.6 Å². The molecule has 122 valence electrons. The molecule has 21 heavy (non-hydrogen) atoms. The number of rotatable bonds is 5. The number of hydrogen-bond donors (Lipinski definition) is 1. The highest BCUT2D eigenvalue weighted by molar-refractivity contribution is 5.82. The van der Waals surface area contributed by atoms with E-state index in [9.17, 15) is 4.79 Å². The molecule has 0 aromatic rings. The third-order valence-corrected chi connectivity index (χ3v) is 4.75. The van der Waals surface area contributed by atoms with Gasteiger partial charge in [-0.25, -0.2) is 0 Å². The smallest absolute Gasteiger partial charge is 0.226 e. The zero-order valence-electron chi connectivity index (χ0n) is 14.9. The van der Waals surface area contributed by atoms with Crippen LogP contribution >= 0.6 is 0 Å². The van der Waals surface area contributed by atoms with Crippen molar-refractivity contribution in [2.45, 2.75) is 46.5 Å². The molecule has 1 N–H and O–H groups in total. The molecule has 3 nitrogen and oxygen atoms in total. The number of amides is 1. The van der Waals surface area contributed by atoms with Crippen LogP contribution in [0.2, 0.25) is 0 Å². The predicted octanol–water partition coefficient (Wildman–Crippen LogP) is 3.22. The Labute approximate surface area is 131 Å². The number of nitrogens with zero attached hydrogens (tertiary/aromatic N) is 1. The van der Waals surface area contributed by atoms with E-state index < -0.39 is 0 Å². The molecule has 1 amide bonds. The monoisotopic (exact) mass is 295 g/mol. The Balaban J connectivity index is 2.58. The molecule has 0 heterocycles. The van der Waals surface area contributed by atoms with Crippen LogP contribution < -0.4 is 5.32 Å². The van der Waals surface area contributed by atoms with Gasteiger partial charge in [0.2, 0.25) is 5.91 Å². The molecular weight excluding hydrogens is 260 g/mol. The third-order valence-electron chi connectivity index (χ3n) is 4.75. The average molecular weight is 295 g/mol. The molecule has 1 aliphatic rings. The third kappa shape index (κ3) is 6.21. The standard InChI is InChI=1S/C18H34N2O/c1-15(2)16-9-7-8-11-18(3,12-10-16)17(21)19-13-14-20(4,5)6/h7,9,15-16H,8,10-14H2,1-6H3/p+1/b9-7+. The summed E-state index contributed by atoms with van der Waals surface area (Å²) in [5, 5.41) is 3.16. The second-order valence-corrected chi connectivity index (χ2v) is 8.24. The molecule has 2 atom stereocenters. The molecule has 0 bridgehead atoms. The molecular formula is C18H35N2O+. The van der Waals surface area contributed by atoms with Gasteiger partial charge in [-0.15, -0.1) is 0 Å². The van der Waals surface area contributed by atoms with Crippen molar-refractivity contribution < 1.29 is 9.28 Å². The highest BCUT2D eigenvalue weighted by Crippen LogP contribution is 2.35. The van der Waals surface area contributed by atoms with Crippen molar-refractivity contribution in [1.82, 2.24) is 5.32 Å². The molecule has 1 rings (SSSR count). The van der Waals surface area contributed by atoms with Gasteiger partial charge < -0.3 is 9.80 Å². The first-order chi connectivity index (χ1) is 9.64. The number of likely N-dealkylation sites (N-methyl/N-ethyl adjacent to an activating group) is 1. The largest absolute Gasteiger partial charge is 0.350 e. The number of carbonyl (C=O) groups excluding carboxylic acids is 1. The Morgan fingerprint density at radius 1 is 1.33 bits per heavy atom. The second-order valence-electron chi connectivity index (χ2n) is 8.24. The van der Waals surface area contributed by atoms with E-state index in [1.165, 1.54) is 0 Å². The summed E-state index contributed by atoms with van der Waals surface area (Å²) in [7, 11) is 6.46. The molecule has 0 saturated carbocycles. The SMILES string of the molecule is CC(C)C1/C=C/CCC(C)(C(=O)NCC[N+](C)(C)C)CC1. The molecule has 0 fully saturated rings. The fourth-order valence-electron chi connectivity index (χ4n) is 2.88. The number of carbonyl (C=O) groups is 1. The number of nitrogens with one attached hydrogen (secondary N) is 1. The summed E-state index contributed by atoms with van der Waals surface area (Å²) in [6, 6.07) is 0. The lowest BCUT2D eigenvalue weighted by molar-refractivity contribution is -0.869. The van der Waals surface area contributed by atoms with E-state index in [1.807, 2.05) is 0 Å². The van der Waals surface area contributed by atoms with Crippen LogP contribution in [0.25, 0.3) is 0 Å². The van der Waals surface area contributed by atoms with E-state index in [-0.39, 0.29) is 11.3 Å². The van der Waals surface area contributed by atoms with E-state index in [2.05, 4.69) is 59.4 Å². The molecule has 3 heteroatoms. The lowest BCUT2D eigenvalue weighted by atomic mass is 9.74. The first kappa shape index (κ1) is 18.2. The summed E-state index contributed by atoms with van der Waals surface area (Å²) in [5.41, 5.74) is -0.206. The van der Waals surface area contributed by atoms with Gasteiger partial charge >= 0.3 is 0 Å². The van der Waals surface area contributed by atoms with Crippen molar-refractivity contribution in [3.05, 3.63) is 12.2 Å². The molecule has 0 radical (unpaired) electrons. The van der Waals surface area contributed by atoms with Crippen LogP contribution in [0.1, 0.15) is 46.5 Å². The van der Waals surface area contributed by atoms with Crippen molar-refractivity contribution in [3.63, 3.8) is 0 Å². The first-order valence-corrected chi connectivity index (χ1v) is 8.39. The van der Waals surface area contributed by atoms with Crippen LogP contribution in [-0.2, 0) is 4.79 Å². The van der Waals surface area contributed by atoms with Gasteiger partial charge in [-0.2, -0.15) is 0 Å². The molecule has 0 saturated heterocycles. The zero-order chi connectivity index (χ0) is 16.1. The fraction of sp³-hybridized carbons (Fsp3) is 0.833. The highest BCUT2D eigenvalue weighted by Gasteiger charge is 2.33. The van der Waals surface area contributed by atoms with Crippen molar-refractivity contribution in [3.8, 4) is 0 Å². The van der Waals surface area contributed by atoms with E-state index >= 15 is 0 Å². The molecule has 1 aliphatic carbocycles. The maximum Gasteiger partial charge on any atom is 0.226 e. The predicted molar refractivity (Wildman–Crippen MR) is 90.0 cm³/mol. The minimum Gasteiger partial charge on any atom is -0.350 e. The second kappa shape index (κ2) is 7.44.